The van der Waals surface area contributed by atoms with Gasteiger partial charge in [0.2, 0.25) is 0 Å². The first kappa shape index (κ1) is 13.1. The summed E-state index contributed by atoms with van der Waals surface area (Å²) in [6, 6.07) is 1.42. The van der Waals surface area contributed by atoms with E-state index in [1.807, 2.05) is 0 Å². The topological polar surface area (TPSA) is 74.7 Å². The minimum Gasteiger partial charge on any atom is -0.481 e. The Labute approximate surface area is 106 Å². The molecular weight excluding hydrogens is 260 g/mol. The Morgan fingerprint density at radius 1 is 1.26 bits per heavy atom. The Hall–Kier alpha value is -2.31. The van der Waals surface area contributed by atoms with Gasteiger partial charge in [-0.05, 0) is 12.5 Å². The number of rotatable bonds is 4. The Kier molecular flexibility index (Phi) is 3.28. The molecule has 0 saturated heterocycles. The lowest BCUT2D eigenvalue weighted by Crippen LogP contribution is -2.31. The zero-order valence-electron chi connectivity index (χ0n) is 9.65. The van der Waals surface area contributed by atoms with Crippen molar-refractivity contribution in [2.75, 3.05) is 11.4 Å². The van der Waals surface area contributed by atoms with Gasteiger partial charge in [-0.2, -0.15) is 0 Å². The first-order valence-corrected chi connectivity index (χ1v) is 5.49. The fourth-order valence-corrected chi connectivity index (χ4v) is 1.95. The van der Waals surface area contributed by atoms with Crippen molar-refractivity contribution in [1.29, 1.82) is 0 Å². The van der Waals surface area contributed by atoms with Crippen LogP contribution in [0.5, 0.6) is 0 Å². The van der Waals surface area contributed by atoms with Crippen molar-refractivity contribution >= 4 is 23.3 Å². The Bertz CT molecular complexity index is 585. The van der Waals surface area contributed by atoms with Gasteiger partial charge in [-0.3, -0.25) is 14.4 Å². The largest absolute Gasteiger partial charge is 0.481 e. The predicted octanol–water partition coefficient (Wildman–Crippen LogP) is 1.36. The number of hydrogen-bond acceptors (Lipinski definition) is 3. The number of carboxylic acid groups (broad SMARTS) is 1. The molecule has 7 heteroatoms. The van der Waals surface area contributed by atoms with E-state index in [-0.39, 0.29) is 25.1 Å². The Balaban J connectivity index is 2.31. The first-order valence-electron chi connectivity index (χ1n) is 5.49. The van der Waals surface area contributed by atoms with E-state index in [4.69, 9.17) is 5.11 Å². The van der Waals surface area contributed by atoms with E-state index >= 15 is 0 Å². The van der Waals surface area contributed by atoms with Gasteiger partial charge in [0.25, 0.3) is 11.7 Å². The predicted molar refractivity (Wildman–Crippen MR) is 59.9 cm³/mol. The van der Waals surface area contributed by atoms with Gasteiger partial charge in [0.15, 0.2) is 0 Å². The molecule has 0 atom stereocenters. The molecule has 1 aromatic carbocycles. The molecule has 0 fully saturated rings. The standard InChI is InChI=1S/C12H9F2NO4/c13-6-4-7(14)10-8(5-6)15(12(19)11(10)18)3-1-2-9(16)17/h4-5H,1-3H2,(H,16,17). The smallest absolute Gasteiger partial charge is 0.303 e. The van der Waals surface area contributed by atoms with Crippen molar-refractivity contribution in [3.05, 3.63) is 29.3 Å². The molecule has 0 unspecified atom stereocenters. The highest BCUT2D eigenvalue weighted by molar-refractivity contribution is 6.52. The molecule has 1 amide bonds. The molecule has 0 saturated carbocycles. The molecule has 1 aliphatic heterocycles. The third kappa shape index (κ3) is 2.31. The number of fused-ring (bicyclic) bond motifs is 1. The fraction of sp³-hybridized carbons (Fsp3) is 0.250. The quantitative estimate of drug-likeness (QED) is 0.837. The van der Waals surface area contributed by atoms with Crippen LogP contribution in [0.15, 0.2) is 12.1 Å². The highest BCUT2D eigenvalue weighted by Crippen LogP contribution is 2.32. The molecule has 0 aliphatic carbocycles. The normalized spacial score (nSPS) is 13.9. The van der Waals surface area contributed by atoms with Crippen LogP contribution in [0.4, 0.5) is 14.5 Å². The van der Waals surface area contributed by atoms with Gasteiger partial charge in [0, 0.05) is 19.0 Å². The number of halogens is 2. The lowest BCUT2D eigenvalue weighted by atomic mass is 10.1. The number of amides is 1. The van der Waals surface area contributed by atoms with Crippen LogP contribution in [0, 0.1) is 11.6 Å². The summed E-state index contributed by atoms with van der Waals surface area (Å²) < 4.78 is 26.6. The second-order valence-electron chi connectivity index (χ2n) is 4.06. The zero-order valence-corrected chi connectivity index (χ0v) is 9.65. The van der Waals surface area contributed by atoms with Crippen LogP contribution in [0.2, 0.25) is 0 Å². The molecule has 1 aromatic rings. The summed E-state index contributed by atoms with van der Waals surface area (Å²) in [5.74, 6) is -5.05. The highest BCUT2D eigenvalue weighted by atomic mass is 19.1. The number of carbonyl (C=O) groups excluding carboxylic acids is 2. The molecule has 100 valence electrons. The molecule has 1 N–H and O–H groups in total. The van der Waals surface area contributed by atoms with Crippen LogP contribution in [-0.2, 0) is 9.59 Å². The van der Waals surface area contributed by atoms with Gasteiger partial charge in [0.1, 0.15) is 11.6 Å². The third-order valence-electron chi connectivity index (χ3n) is 2.76. The molecule has 0 aromatic heterocycles. The number of hydrogen-bond donors (Lipinski definition) is 1. The minimum atomic E-state index is -1.09. The van der Waals surface area contributed by atoms with Crippen LogP contribution >= 0.6 is 0 Å². The number of ketones is 1. The lowest BCUT2D eigenvalue weighted by molar-refractivity contribution is -0.137. The van der Waals surface area contributed by atoms with Crippen molar-refractivity contribution in [1.82, 2.24) is 0 Å². The maximum atomic E-state index is 13.5. The number of Topliss-reactive ketones (excluding diaryl/α,β-unsaturated/α-hetero) is 1. The van der Waals surface area contributed by atoms with Crippen molar-refractivity contribution in [2.45, 2.75) is 12.8 Å². The number of benzene rings is 1. The molecule has 0 spiro atoms. The lowest BCUT2D eigenvalue weighted by Gasteiger charge is -2.15. The fourth-order valence-electron chi connectivity index (χ4n) is 1.95. The van der Waals surface area contributed by atoms with E-state index in [1.54, 1.807) is 0 Å². The van der Waals surface area contributed by atoms with Gasteiger partial charge >= 0.3 is 5.97 Å². The number of carboxylic acids is 1. The zero-order chi connectivity index (χ0) is 14.2. The molecular formula is C12H9F2NO4. The average molecular weight is 269 g/mol. The maximum Gasteiger partial charge on any atom is 0.303 e. The van der Waals surface area contributed by atoms with Gasteiger partial charge in [-0.25, -0.2) is 8.78 Å². The van der Waals surface area contributed by atoms with Crippen molar-refractivity contribution < 1.29 is 28.3 Å². The monoisotopic (exact) mass is 269 g/mol. The summed E-state index contributed by atoms with van der Waals surface area (Å²) >= 11 is 0. The number of nitrogens with zero attached hydrogens (tertiary/aromatic N) is 1. The van der Waals surface area contributed by atoms with Crippen LogP contribution in [0.25, 0.3) is 0 Å². The molecule has 2 rings (SSSR count). The van der Waals surface area contributed by atoms with Gasteiger partial charge in [-0.15, -0.1) is 0 Å². The third-order valence-corrected chi connectivity index (χ3v) is 2.76. The summed E-state index contributed by atoms with van der Waals surface area (Å²) in [7, 11) is 0. The number of anilines is 1. The van der Waals surface area contributed by atoms with Crippen molar-refractivity contribution in [3.8, 4) is 0 Å². The van der Waals surface area contributed by atoms with Crippen molar-refractivity contribution in [2.24, 2.45) is 0 Å². The van der Waals surface area contributed by atoms with Crippen molar-refractivity contribution in [3.63, 3.8) is 0 Å². The molecule has 0 radical (unpaired) electrons. The summed E-state index contributed by atoms with van der Waals surface area (Å²) in [6.07, 6.45) is -0.114. The molecule has 19 heavy (non-hydrogen) atoms. The summed E-state index contributed by atoms with van der Waals surface area (Å²) in [5, 5.41) is 8.50. The number of carbonyl (C=O) groups is 3. The van der Waals surface area contributed by atoms with Gasteiger partial charge in [0.05, 0.1) is 11.3 Å². The molecule has 5 nitrogen and oxygen atoms in total. The summed E-state index contributed by atoms with van der Waals surface area (Å²) in [5.41, 5.74) is -0.598. The molecule has 0 bridgehead atoms. The molecule has 1 aliphatic rings. The highest BCUT2D eigenvalue weighted by Gasteiger charge is 2.38. The summed E-state index contributed by atoms with van der Waals surface area (Å²) in [6.45, 7) is -0.0766. The van der Waals surface area contributed by atoms with Crippen LogP contribution < -0.4 is 4.90 Å². The molecule has 1 heterocycles. The van der Waals surface area contributed by atoms with Gasteiger partial charge < -0.3 is 10.0 Å². The Morgan fingerprint density at radius 3 is 2.58 bits per heavy atom. The first-order chi connectivity index (χ1) is 8.91. The maximum absolute atomic E-state index is 13.5. The van der Waals surface area contributed by atoms with Crippen LogP contribution in [0.1, 0.15) is 23.2 Å². The van der Waals surface area contributed by atoms with E-state index in [2.05, 4.69) is 0 Å². The van der Waals surface area contributed by atoms with Gasteiger partial charge in [-0.1, -0.05) is 0 Å². The SMILES string of the molecule is O=C(O)CCCN1C(=O)C(=O)c2c(F)cc(F)cc21. The van der Waals surface area contributed by atoms with Crippen LogP contribution in [-0.4, -0.2) is 29.3 Å². The van der Waals surface area contributed by atoms with Crippen LogP contribution in [0.3, 0.4) is 0 Å². The summed E-state index contributed by atoms with van der Waals surface area (Å²) in [4.78, 5) is 34.5. The van der Waals surface area contributed by atoms with E-state index < -0.39 is 34.9 Å². The second-order valence-corrected chi connectivity index (χ2v) is 4.06. The van der Waals surface area contributed by atoms with E-state index in [0.717, 1.165) is 11.0 Å². The minimum absolute atomic E-state index is 0.0766. The van der Waals surface area contributed by atoms with E-state index in [1.165, 1.54) is 0 Å². The second kappa shape index (κ2) is 4.75. The average Bonchev–Trinajstić information content (AvgIpc) is 2.53. The number of aliphatic carboxylic acids is 1. The van der Waals surface area contributed by atoms with E-state index in [9.17, 15) is 23.2 Å². The Morgan fingerprint density at radius 2 is 1.95 bits per heavy atom. The van der Waals surface area contributed by atoms with E-state index in [0.29, 0.717) is 6.07 Å².